The van der Waals surface area contributed by atoms with E-state index < -0.39 is 0 Å². The van der Waals surface area contributed by atoms with Crippen LogP contribution in [0.2, 0.25) is 0 Å². The van der Waals surface area contributed by atoms with Gasteiger partial charge in [0.2, 0.25) is 5.89 Å². The Morgan fingerprint density at radius 2 is 1.67 bits per heavy atom. The third-order valence-corrected chi connectivity index (χ3v) is 4.70. The zero-order valence-corrected chi connectivity index (χ0v) is 14.7. The van der Waals surface area contributed by atoms with Gasteiger partial charge < -0.3 is 4.42 Å². The van der Waals surface area contributed by atoms with Gasteiger partial charge in [-0.3, -0.25) is 9.36 Å². The smallest absolute Gasteiger partial charge is 0.285 e. The number of rotatable bonds is 2. The molecule has 0 saturated carbocycles. The van der Waals surface area contributed by atoms with E-state index in [-0.39, 0.29) is 5.56 Å². The lowest BCUT2D eigenvalue weighted by Crippen LogP contribution is -2.19. The Balaban J connectivity index is 1.90. The predicted molar refractivity (Wildman–Crippen MR) is 107 cm³/mol. The molecule has 2 aromatic heterocycles. The first-order valence-corrected chi connectivity index (χ1v) is 8.79. The van der Waals surface area contributed by atoms with E-state index in [4.69, 9.17) is 4.42 Å². The largest absolute Gasteiger partial charge is 0.435 e. The van der Waals surface area contributed by atoms with Gasteiger partial charge in [0.05, 0.1) is 5.52 Å². The molecule has 27 heavy (non-hydrogen) atoms. The molecule has 0 aliphatic carbocycles. The summed E-state index contributed by atoms with van der Waals surface area (Å²) in [5.41, 5.74) is 4.27. The highest BCUT2D eigenvalue weighted by Gasteiger charge is 2.18. The number of benzene rings is 3. The van der Waals surface area contributed by atoms with E-state index in [1.165, 1.54) is 0 Å². The molecule has 0 fully saturated rings. The Morgan fingerprint density at radius 1 is 0.889 bits per heavy atom. The van der Waals surface area contributed by atoms with Gasteiger partial charge in [-0.15, -0.1) is 0 Å². The maximum atomic E-state index is 13.3. The molecule has 0 atom stereocenters. The van der Waals surface area contributed by atoms with Gasteiger partial charge in [0.15, 0.2) is 11.1 Å². The lowest BCUT2D eigenvalue weighted by atomic mass is 10.1. The van der Waals surface area contributed by atoms with Gasteiger partial charge in [-0.25, -0.2) is 4.98 Å². The molecule has 2 heterocycles. The molecular formula is C23H16N2O2. The normalized spacial score (nSPS) is 11.3. The predicted octanol–water partition coefficient (Wildman–Crippen LogP) is 5.11. The number of pyridine rings is 1. The van der Waals surface area contributed by atoms with E-state index in [0.29, 0.717) is 17.0 Å². The van der Waals surface area contributed by atoms with Crippen LogP contribution in [0.1, 0.15) is 5.56 Å². The minimum Gasteiger partial charge on any atom is -0.435 e. The summed E-state index contributed by atoms with van der Waals surface area (Å²) in [5, 5.41) is 0.863. The lowest BCUT2D eigenvalue weighted by Gasteiger charge is -2.10. The molecule has 4 heteroatoms. The third kappa shape index (κ3) is 2.46. The van der Waals surface area contributed by atoms with Crippen molar-refractivity contribution in [2.75, 3.05) is 0 Å². The van der Waals surface area contributed by atoms with Crippen molar-refractivity contribution in [3.8, 4) is 17.1 Å². The second kappa shape index (κ2) is 5.95. The molecule has 130 valence electrons. The van der Waals surface area contributed by atoms with E-state index in [0.717, 1.165) is 27.7 Å². The summed E-state index contributed by atoms with van der Waals surface area (Å²) >= 11 is 0. The lowest BCUT2D eigenvalue weighted by molar-refractivity contribution is 0.622. The topological polar surface area (TPSA) is 48.0 Å². The summed E-state index contributed by atoms with van der Waals surface area (Å²) in [7, 11) is 0. The molecule has 0 aliphatic heterocycles. The second-order valence-corrected chi connectivity index (χ2v) is 6.56. The van der Waals surface area contributed by atoms with Crippen molar-refractivity contribution in [3.05, 3.63) is 94.8 Å². The van der Waals surface area contributed by atoms with Crippen molar-refractivity contribution >= 4 is 22.0 Å². The van der Waals surface area contributed by atoms with Crippen LogP contribution < -0.4 is 5.56 Å². The Labute approximate surface area is 155 Å². The van der Waals surface area contributed by atoms with E-state index in [9.17, 15) is 4.79 Å². The molecule has 5 rings (SSSR count). The average molecular weight is 352 g/mol. The molecule has 0 unspecified atom stereocenters. The van der Waals surface area contributed by atoms with Crippen LogP contribution >= 0.6 is 0 Å². The molecule has 4 nitrogen and oxygen atoms in total. The van der Waals surface area contributed by atoms with E-state index in [1.807, 2.05) is 85.8 Å². The van der Waals surface area contributed by atoms with Crippen LogP contribution in [0, 0.1) is 6.92 Å². The molecule has 0 radical (unpaired) electrons. The molecule has 3 aromatic carbocycles. The van der Waals surface area contributed by atoms with Crippen LogP contribution in [0.4, 0.5) is 0 Å². The van der Waals surface area contributed by atoms with Crippen molar-refractivity contribution in [1.29, 1.82) is 0 Å². The minimum absolute atomic E-state index is 0.183. The molecule has 0 bridgehead atoms. The highest BCUT2D eigenvalue weighted by Crippen LogP contribution is 2.29. The first-order chi connectivity index (χ1) is 13.2. The number of fused-ring (bicyclic) bond motifs is 3. The number of hydrogen-bond acceptors (Lipinski definition) is 3. The maximum absolute atomic E-state index is 13.3. The molecule has 0 spiro atoms. The van der Waals surface area contributed by atoms with Crippen LogP contribution in [0.3, 0.4) is 0 Å². The number of para-hydroxylation sites is 2. The Kier molecular flexibility index (Phi) is 3.44. The molecular weight excluding hydrogens is 336 g/mol. The Morgan fingerprint density at radius 3 is 2.48 bits per heavy atom. The van der Waals surface area contributed by atoms with Crippen molar-refractivity contribution in [2.45, 2.75) is 6.92 Å². The molecule has 0 aliphatic rings. The monoisotopic (exact) mass is 352 g/mol. The molecule has 0 N–H and O–H groups in total. The number of nitrogens with zero attached hydrogens (tertiary/aromatic N) is 2. The van der Waals surface area contributed by atoms with Crippen LogP contribution in [-0.4, -0.2) is 9.55 Å². The van der Waals surface area contributed by atoms with E-state index in [1.54, 1.807) is 4.57 Å². The first-order valence-electron chi connectivity index (χ1n) is 8.79. The fraction of sp³-hybridized carbons (Fsp3) is 0.0435. The van der Waals surface area contributed by atoms with E-state index >= 15 is 0 Å². The summed E-state index contributed by atoms with van der Waals surface area (Å²) in [6, 6.07) is 25.3. The highest BCUT2D eigenvalue weighted by atomic mass is 16.3. The minimum atomic E-state index is -0.183. The van der Waals surface area contributed by atoms with Crippen molar-refractivity contribution in [1.82, 2.24) is 9.55 Å². The quantitative estimate of drug-likeness (QED) is 0.444. The number of aryl methyl sites for hydroxylation is 1. The first kappa shape index (κ1) is 15.6. The van der Waals surface area contributed by atoms with Crippen molar-refractivity contribution < 1.29 is 4.42 Å². The molecule has 5 aromatic rings. The van der Waals surface area contributed by atoms with Gasteiger partial charge in [0.1, 0.15) is 0 Å². The zero-order valence-electron chi connectivity index (χ0n) is 14.7. The maximum Gasteiger partial charge on any atom is 0.285 e. The van der Waals surface area contributed by atoms with Crippen LogP contribution in [-0.2, 0) is 0 Å². The van der Waals surface area contributed by atoms with Crippen LogP contribution in [0.15, 0.2) is 88.1 Å². The Hall–Kier alpha value is -3.66. The number of hydrogen-bond donors (Lipinski definition) is 0. The second-order valence-electron chi connectivity index (χ2n) is 6.56. The zero-order chi connectivity index (χ0) is 18.4. The number of oxazole rings is 1. The highest BCUT2D eigenvalue weighted by molar-refractivity contribution is 6.02. The summed E-state index contributed by atoms with van der Waals surface area (Å²) in [6.45, 7) is 2.02. The summed E-state index contributed by atoms with van der Waals surface area (Å²) in [6.07, 6.45) is 0. The Bertz CT molecular complexity index is 1350. The average Bonchev–Trinajstić information content (AvgIpc) is 3.15. The van der Waals surface area contributed by atoms with Gasteiger partial charge in [-0.05, 0) is 43.3 Å². The third-order valence-electron chi connectivity index (χ3n) is 4.70. The summed E-state index contributed by atoms with van der Waals surface area (Å²) < 4.78 is 7.76. The summed E-state index contributed by atoms with van der Waals surface area (Å²) in [4.78, 5) is 17.9. The number of aromatic nitrogens is 2. The van der Waals surface area contributed by atoms with Gasteiger partial charge in [0.25, 0.3) is 5.56 Å². The fourth-order valence-electron chi connectivity index (χ4n) is 3.46. The molecule has 0 saturated heterocycles. The molecule has 0 amide bonds. The van der Waals surface area contributed by atoms with Crippen molar-refractivity contribution in [2.24, 2.45) is 0 Å². The standard InChI is InChI=1S/C23H16N2O2/c1-15-8-7-9-16(14-15)22-24-20-21(27-22)18-12-5-6-13-19(18)25(23(20)26)17-10-3-2-4-11-17/h2-14H,1H3. The van der Waals surface area contributed by atoms with Gasteiger partial charge >= 0.3 is 0 Å². The SMILES string of the molecule is Cc1cccc(-c2nc3c(=O)n(-c4ccccc4)c4ccccc4c3o2)c1. The van der Waals surface area contributed by atoms with Crippen molar-refractivity contribution in [3.63, 3.8) is 0 Å². The van der Waals surface area contributed by atoms with Crippen LogP contribution in [0.5, 0.6) is 0 Å². The van der Waals surface area contributed by atoms with Crippen LogP contribution in [0.25, 0.3) is 39.1 Å². The summed E-state index contributed by atoms with van der Waals surface area (Å²) in [5.74, 6) is 0.460. The van der Waals surface area contributed by atoms with Gasteiger partial charge in [-0.2, -0.15) is 0 Å². The van der Waals surface area contributed by atoms with Gasteiger partial charge in [-0.1, -0.05) is 48.0 Å². The van der Waals surface area contributed by atoms with Gasteiger partial charge in [0, 0.05) is 16.6 Å². The fourth-order valence-corrected chi connectivity index (χ4v) is 3.46. The van der Waals surface area contributed by atoms with E-state index in [2.05, 4.69) is 4.98 Å².